The normalized spacial score (nSPS) is 10.5. The summed E-state index contributed by atoms with van der Waals surface area (Å²) in [6.07, 6.45) is 0. The van der Waals surface area contributed by atoms with Gasteiger partial charge in [-0.1, -0.05) is 25.4 Å². The van der Waals surface area contributed by atoms with Gasteiger partial charge in [0.15, 0.2) is 0 Å². The molecule has 0 bridgehead atoms. The summed E-state index contributed by atoms with van der Waals surface area (Å²) in [5.74, 6) is 0.197. The lowest BCUT2D eigenvalue weighted by Crippen LogP contribution is -2.08. The van der Waals surface area contributed by atoms with Crippen LogP contribution in [-0.4, -0.2) is 6.54 Å². The summed E-state index contributed by atoms with van der Waals surface area (Å²) in [5.41, 5.74) is 0.512. The Bertz CT molecular complexity index is 286. The molecule has 0 saturated heterocycles. The van der Waals surface area contributed by atoms with Crippen molar-refractivity contribution in [3.05, 3.63) is 29.0 Å². The molecule has 1 nitrogen and oxygen atoms in total. The minimum atomic E-state index is -0.298. The third-order valence-electron chi connectivity index (χ3n) is 1.63. The van der Waals surface area contributed by atoms with Crippen molar-refractivity contribution in [1.29, 1.82) is 0 Å². The first-order valence-electron chi connectivity index (χ1n) is 4.28. The molecular weight excluding hydrogens is 189 g/mol. The van der Waals surface area contributed by atoms with E-state index in [1.165, 1.54) is 6.07 Å². The van der Waals surface area contributed by atoms with E-state index in [1.54, 1.807) is 12.1 Å². The van der Waals surface area contributed by atoms with Gasteiger partial charge in [0, 0.05) is 11.6 Å². The van der Waals surface area contributed by atoms with Crippen molar-refractivity contribution < 1.29 is 4.39 Å². The number of halogens is 2. The first-order chi connectivity index (χ1) is 6.09. The number of rotatable bonds is 3. The van der Waals surface area contributed by atoms with Crippen molar-refractivity contribution in [2.45, 2.75) is 13.8 Å². The van der Waals surface area contributed by atoms with E-state index in [0.717, 1.165) is 6.54 Å². The average Bonchev–Trinajstić information content (AvgIpc) is 2.02. The molecular formula is C10H13ClFN. The lowest BCUT2D eigenvalue weighted by atomic mass is 10.2. The van der Waals surface area contributed by atoms with Crippen LogP contribution >= 0.6 is 11.6 Å². The van der Waals surface area contributed by atoms with E-state index in [-0.39, 0.29) is 5.82 Å². The van der Waals surface area contributed by atoms with Crippen molar-refractivity contribution in [2.75, 3.05) is 11.9 Å². The van der Waals surface area contributed by atoms with Crippen LogP contribution in [0, 0.1) is 11.7 Å². The van der Waals surface area contributed by atoms with E-state index < -0.39 is 0 Å². The Kier molecular flexibility index (Phi) is 3.55. The zero-order chi connectivity index (χ0) is 9.84. The lowest BCUT2D eigenvalue weighted by Gasteiger charge is -2.09. The Morgan fingerprint density at radius 1 is 1.46 bits per heavy atom. The highest BCUT2D eigenvalue weighted by Crippen LogP contribution is 2.18. The zero-order valence-corrected chi connectivity index (χ0v) is 8.53. The second-order valence-electron chi connectivity index (χ2n) is 3.40. The van der Waals surface area contributed by atoms with Crippen LogP contribution in [0.3, 0.4) is 0 Å². The maximum absolute atomic E-state index is 13.2. The molecule has 0 amide bonds. The van der Waals surface area contributed by atoms with Crippen molar-refractivity contribution in [3.63, 3.8) is 0 Å². The van der Waals surface area contributed by atoms with Crippen LogP contribution in [0.1, 0.15) is 13.8 Å². The van der Waals surface area contributed by atoms with Crippen LogP contribution in [0.2, 0.25) is 5.02 Å². The predicted octanol–water partition coefficient (Wildman–Crippen LogP) is 3.55. The van der Waals surface area contributed by atoms with Crippen LogP contribution in [0.5, 0.6) is 0 Å². The molecule has 1 rings (SSSR count). The van der Waals surface area contributed by atoms with Gasteiger partial charge in [0.05, 0.1) is 5.69 Å². The number of nitrogens with one attached hydrogen (secondary N) is 1. The highest BCUT2D eigenvalue weighted by atomic mass is 35.5. The summed E-state index contributed by atoms with van der Waals surface area (Å²) in [5, 5.41) is 3.43. The quantitative estimate of drug-likeness (QED) is 0.789. The van der Waals surface area contributed by atoms with Gasteiger partial charge in [-0.2, -0.15) is 0 Å². The second kappa shape index (κ2) is 4.47. The van der Waals surface area contributed by atoms with Gasteiger partial charge >= 0.3 is 0 Å². The Morgan fingerprint density at radius 2 is 2.15 bits per heavy atom. The van der Waals surface area contributed by atoms with Crippen LogP contribution in [0.15, 0.2) is 18.2 Å². The molecule has 0 unspecified atom stereocenters. The molecule has 0 radical (unpaired) electrons. The van der Waals surface area contributed by atoms with E-state index in [4.69, 9.17) is 11.6 Å². The first-order valence-corrected chi connectivity index (χ1v) is 4.66. The van der Waals surface area contributed by atoms with Gasteiger partial charge in [-0.15, -0.1) is 0 Å². The van der Waals surface area contributed by atoms with Crippen LogP contribution < -0.4 is 5.32 Å². The lowest BCUT2D eigenvalue weighted by molar-refractivity contribution is 0.624. The molecule has 1 aromatic carbocycles. The molecule has 3 heteroatoms. The van der Waals surface area contributed by atoms with E-state index in [9.17, 15) is 4.39 Å². The monoisotopic (exact) mass is 201 g/mol. The smallest absolute Gasteiger partial charge is 0.147 e. The largest absolute Gasteiger partial charge is 0.382 e. The average molecular weight is 202 g/mol. The predicted molar refractivity (Wildman–Crippen MR) is 54.7 cm³/mol. The van der Waals surface area contributed by atoms with Gasteiger partial charge in [0.1, 0.15) is 5.82 Å². The number of benzene rings is 1. The summed E-state index contributed by atoms with van der Waals surface area (Å²) in [6.45, 7) is 4.90. The fraction of sp³-hybridized carbons (Fsp3) is 0.400. The summed E-state index contributed by atoms with van der Waals surface area (Å²) in [4.78, 5) is 0. The number of anilines is 1. The van der Waals surface area contributed by atoms with Crippen molar-refractivity contribution in [2.24, 2.45) is 5.92 Å². The van der Waals surface area contributed by atoms with E-state index in [0.29, 0.717) is 16.6 Å². The fourth-order valence-electron chi connectivity index (χ4n) is 0.947. The maximum Gasteiger partial charge on any atom is 0.147 e. The van der Waals surface area contributed by atoms with Gasteiger partial charge in [0.2, 0.25) is 0 Å². The molecule has 0 atom stereocenters. The molecule has 0 spiro atoms. The Labute approximate surface area is 82.9 Å². The van der Waals surface area contributed by atoms with E-state index >= 15 is 0 Å². The van der Waals surface area contributed by atoms with Crippen LogP contribution in [0.4, 0.5) is 10.1 Å². The first kappa shape index (κ1) is 10.3. The maximum atomic E-state index is 13.2. The standard InChI is InChI=1S/C10H13ClFN/c1-7(2)6-13-10-4-3-8(11)5-9(10)12/h3-5,7,13H,6H2,1-2H3. The number of hydrogen-bond donors (Lipinski definition) is 1. The van der Waals surface area contributed by atoms with Crippen LogP contribution in [0.25, 0.3) is 0 Å². The molecule has 0 fully saturated rings. The van der Waals surface area contributed by atoms with Crippen molar-refractivity contribution >= 4 is 17.3 Å². The third-order valence-corrected chi connectivity index (χ3v) is 1.87. The van der Waals surface area contributed by atoms with Crippen molar-refractivity contribution in [3.8, 4) is 0 Å². The molecule has 1 N–H and O–H groups in total. The van der Waals surface area contributed by atoms with Gasteiger partial charge in [-0.05, 0) is 24.1 Å². The van der Waals surface area contributed by atoms with Gasteiger partial charge in [0.25, 0.3) is 0 Å². The summed E-state index contributed by atoms with van der Waals surface area (Å²) < 4.78 is 13.2. The fourth-order valence-corrected chi connectivity index (χ4v) is 1.11. The molecule has 1 aromatic rings. The van der Waals surface area contributed by atoms with Crippen LogP contribution in [-0.2, 0) is 0 Å². The summed E-state index contributed by atoms with van der Waals surface area (Å²) >= 11 is 5.61. The molecule has 0 aliphatic rings. The summed E-state index contributed by atoms with van der Waals surface area (Å²) in [6, 6.07) is 4.64. The molecule has 0 aromatic heterocycles. The SMILES string of the molecule is CC(C)CNc1ccc(Cl)cc1F. The van der Waals surface area contributed by atoms with E-state index in [2.05, 4.69) is 19.2 Å². The molecule has 72 valence electrons. The van der Waals surface area contributed by atoms with Gasteiger partial charge in [-0.3, -0.25) is 0 Å². The molecule has 0 aliphatic heterocycles. The third kappa shape index (κ3) is 3.23. The van der Waals surface area contributed by atoms with Gasteiger partial charge < -0.3 is 5.32 Å². The van der Waals surface area contributed by atoms with Crippen molar-refractivity contribution in [1.82, 2.24) is 0 Å². The summed E-state index contributed by atoms with van der Waals surface area (Å²) in [7, 11) is 0. The van der Waals surface area contributed by atoms with E-state index in [1.807, 2.05) is 0 Å². The highest BCUT2D eigenvalue weighted by Gasteiger charge is 2.02. The molecule has 0 heterocycles. The minimum Gasteiger partial charge on any atom is -0.382 e. The Morgan fingerprint density at radius 3 is 2.69 bits per heavy atom. The topological polar surface area (TPSA) is 12.0 Å². The molecule has 0 aliphatic carbocycles. The second-order valence-corrected chi connectivity index (χ2v) is 3.84. The Balaban J connectivity index is 2.67. The minimum absolute atomic E-state index is 0.298. The number of hydrogen-bond acceptors (Lipinski definition) is 1. The highest BCUT2D eigenvalue weighted by molar-refractivity contribution is 6.30. The Hall–Kier alpha value is -0.760. The zero-order valence-electron chi connectivity index (χ0n) is 7.77. The molecule has 0 saturated carbocycles. The molecule has 13 heavy (non-hydrogen) atoms. The van der Waals surface area contributed by atoms with Gasteiger partial charge in [-0.25, -0.2) is 4.39 Å².